The number of hydrogen-bond donors (Lipinski definition) is 0. The van der Waals surface area contributed by atoms with Crippen molar-refractivity contribution in [1.82, 2.24) is 4.98 Å². The Bertz CT molecular complexity index is 500. The molecule has 0 saturated carbocycles. The Labute approximate surface area is 102 Å². The second kappa shape index (κ2) is 4.49. The highest BCUT2D eigenvalue weighted by atomic mass is 79.9. The van der Waals surface area contributed by atoms with E-state index in [0.29, 0.717) is 0 Å². The highest BCUT2D eigenvalue weighted by Gasteiger charge is 2.08. The minimum absolute atomic E-state index is 0.717. The van der Waals surface area contributed by atoms with Crippen molar-refractivity contribution in [3.05, 3.63) is 53.4 Å². The van der Waals surface area contributed by atoms with E-state index in [9.17, 15) is 0 Å². The third-order valence-corrected chi connectivity index (χ3v) is 2.65. The summed E-state index contributed by atoms with van der Waals surface area (Å²) < 4.78 is 6.55. The van der Waals surface area contributed by atoms with Crippen molar-refractivity contribution in [3.8, 4) is 11.5 Å². The van der Waals surface area contributed by atoms with Gasteiger partial charge < -0.3 is 4.42 Å². The van der Waals surface area contributed by atoms with E-state index in [2.05, 4.69) is 34.1 Å². The molecule has 0 aliphatic heterocycles. The Morgan fingerprint density at radius 3 is 2.56 bits per heavy atom. The number of hydrogen-bond acceptors (Lipinski definition) is 2. The summed E-state index contributed by atoms with van der Waals surface area (Å²) >= 11 is 3.34. The second-order valence-electron chi connectivity index (χ2n) is 3.20. The molecule has 2 aromatic heterocycles. The normalized spacial score (nSPS) is 10.1. The first-order valence-corrected chi connectivity index (χ1v) is 5.54. The fourth-order valence-corrected chi connectivity index (χ4v) is 1.62. The maximum Gasteiger partial charge on any atom is 0.153 e. The molecule has 0 amide bonds. The molecule has 0 aliphatic carbocycles. The molecule has 16 heavy (non-hydrogen) atoms. The summed E-state index contributed by atoms with van der Waals surface area (Å²) in [4.78, 5) is 4.26. The Hall–Kier alpha value is -1.61. The van der Waals surface area contributed by atoms with E-state index in [-0.39, 0.29) is 0 Å². The van der Waals surface area contributed by atoms with Crippen LogP contribution in [0.4, 0.5) is 0 Å². The predicted octanol–water partition coefficient (Wildman–Crippen LogP) is 4.39. The van der Waals surface area contributed by atoms with Crippen LogP contribution in [0.15, 0.2) is 46.4 Å². The Balaban J connectivity index is 2.48. The number of rotatable bonds is 3. The summed E-state index contributed by atoms with van der Waals surface area (Å²) in [5.74, 6) is 1.44. The third-order valence-electron chi connectivity index (χ3n) is 2.18. The summed E-state index contributed by atoms with van der Waals surface area (Å²) in [7, 11) is 0. The molecule has 0 fully saturated rings. The predicted molar refractivity (Wildman–Crippen MR) is 69.8 cm³/mol. The second-order valence-corrected chi connectivity index (χ2v) is 4.12. The van der Waals surface area contributed by atoms with Crippen LogP contribution < -0.4 is 0 Å². The lowest BCUT2D eigenvalue weighted by atomic mass is 10.2. The lowest BCUT2D eigenvalue weighted by Gasteiger charge is -1.95. The van der Waals surface area contributed by atoms with Gasteiger partial charge in [-0.05, 0) is 40.2 Å². The molecule has 2 aromatic rings. The Kier molecular flexibility index (Phi) is 3.06. The number of nitrogens with zero attached hydrogens (tertiary/aromatic N) is 1. The molecule has 2 rings (SSSR count). The molecule has 0 aromatic carbocycles. The monoisotopic (exact) mass is 275 g/mol. The fourth-order valence-electron chi connectivity index (χ4n) is 1.39. The van der Waals surface area contributed by atoms with E-state index in [0.717, 1.165) is 27.3 Å². The molecular formula is C13H10BrNO. The van der Waals surface area contributed by atoms with Gasteiger partial charge in [0.25, 0.3) is 0 Å². The maximum absolute atomic E-state index is 5.61. The standard InChI is InChI=1S/C13H10BrNO/c1-3-9-7-13(16-12(9)4-2)11-6-5-10(14)8-15-11/h3-8H,1-2H2. The average Bonchev–Trinajstić information content (AvgIpc) is 2.73. The van der Waals surface area contributed by atoms with E-state index in [1.165, 1.54) is 0 Å². The van der Waals surface area contributed by atoms with Crippen molar-refractivity contribution in [2.45, 2.75) is 0 Å². The summed E-state index contributed by atoms with van der Waals surface area (Å²) in [6.45, 7) is 7.42. The molecular weight excluding hydrogens is 266 g/mol. The smallest absolute Gasteiger partial charge is 0.153 e. The Morgan fingerprint density at radius 1 is 1.25 bits per heavy atom. The van der Waals surface area contributed by atoms with Gasteiger partial charge in [-0.25, -0.2) is 0 Å². The lowest BCUT2D eigenvalue weighted by molar-refractivity contribution is 0.569. The van der Waals surface area contributed by atoms with E-state index in [1.54, 1.807) is 18.3 Å². The van der Waals surface area contributed by atoms with Gasteiger partial charge in [-0.15, -0.1) is 0 Å². The molecule has 0 aliphatic rings. The van der Waals surface area contributed by atoms with Gasteiger partial charge in [-0.2, -0.15) is 0 Å². The van der Waals surface area contributed by atoms with Crippen LogP contribution in [0, 0.1) is 0 Å². The van der Waals surface area contributed by atoms with Gasteiger partial charge >= 0.3 is 0 Å². The van der Waals surface area contributed by atoms with E-state index in [4.69, 9.17) is 4.42 Å². The number of halogens is 1. The molecule has 2 nitrogen and oxygen atoms in total. The summed E-state index contributed by atoms with van der Waals surface area (Å²) in [6.07, 6.45) is 5.14. The summed E-state index contributed by atoms with van der Waals surface area (Å²) in [6, 6.07) is 5.72. The zero-order valence-corrected chi connectivity index (χ0v) is 10.2. The number of pyridine rings is 1. The molecule has 0 bridgehead atoms. The molecule has 0 spiro atoms. The zero-order chi connectivity index (χ0) is 11.5. The van der Waals surface area contributed by atoms with Gasteiger partial charge in [-0.3, -0.25) is 4.98 Å². The summed E-state index contributed by atoms with van der Waals surface area (Å²) in [5.41, 5.74) is 1.72. The van der Waals surface area contributed by atoms with Crippen LogP contribution in [0.25, 0.3) is 23.6 Å². The van der Waals surface area contributed by atoms with Crippen molar-refractivity contribution in [3.63, 3.8) is 0 Å². The highest BCUT2D eigenvalue weighted by molar-refractivity contribution is 9.10. The van der Waals surface area contributed by atoms with E-state index < -0.39 is 0 Å². The topological polar surface area (TPSA) is 26.0 Å². The van der Waals surface area contributed by atoms with Crippen molar-refractivity contribution in [2.75, 3.05) is 0 Å². The van der Waals surface area contributed by atoms with Crippen molar-refractivity contribution >= 4 is 28.1 Å². The van der Waals surface area contributed by atoms with Crippen LogP contribution in [0.2, 0.25) is 0 Å². The zero-order valence-electron chi connectivity index (χ0n) is 8.61. The van der Waals surface area contributed by atoms with Gasteiger partial charge in [0.1, 0.15) is 11.5 Å². The molecule has 2 heterocycles. The molecule has 3 heteroatoms. The van der Waals surface area contributed by atoms with Crippen LogP contribution >= 0.6 is 15.9 Å². The minimum Gasteiger partial charge on any atom is -0.454 e. The largest absolute Gasteiger partial charge is 0.454 e. The van der Waals surface area contributed by atoms with Crippen molar-refractivity contribution in [2.24, 2.45) is 0 Å². The maximum atomic E-state index is 5.61. The van der Waals surface area contributed by atoms with E-state index in [1.807, 2.05) is 18.2 Å². The average molecular weight is 276 g/mol. The van der Waals surface area contributed by atoms with Crippen LogP contribution in [0.5, 0.6) is 0 Å². The quantitative estimate of drug-likeness (QED) is 0.830. The number of furan rings is 1. The Morgan fingerprint density at radius 2 is 2.06 bits per heavy atom. The SMILES string of the molecule is C=Cc1cc(-c2ccc(Br)cn2)oc1C=C. The fraction of sp³-hybridized carbons (Fsp3) is 0. The van der Waals surface area contributed by atoms with E-state index >= 15 is 0 Å². The molecule has 80 valence electrons. The minimum atomic E-state index is 0.717. The summed E-state index contributed by atoms with van der Waals surface area (Å²) in [5, 5.41) is 0. The van der Waals surface area contributed by atoms with Crippen LogP contribution in [-0.4, -0.2) is 4.98 Å². The van der Waals surface area contributed by atoms with Crippen molar-refractivity contribution in [1.29, 1.82) is 0 Å². The van der Waals surface area contributed by atoms with Gasteiger partial charge in [0.15, 0.2) is 5.76 Å². The first-order chi connectivity index (χ1) is 7.74. The molecule has 0 radical (unpaired) electrons. The molecule has 0 unspecified atom stereocenters. The van der Waals surface area contributed by atoms with Crippen LogP contribution in [0.1, 0.15) is 11.3 Å². The van der Waals surface area contributed by atoms with Gasteiger partial charge in [-0.1, -0.05) is 19.2 Å². The number of aromatic nitrogens is 1. The molecule has 0 N–H and O–H groups in total. The van der Waals surface area contributed by atoms with Crippen molar-refractivity contribution < 1.29 is 4.42 Å². The molecule has 0 atom stereocenters. The highest BCUT2D eigenvalue weighted by Crippen LogP contribution is 2.26. The third kappa shape index (κ3) is 1.99. The van der Waals surface area contributed by atoms with Crippen LogP contribution in [-0.2, 0) is 0 Å². The van der Waals surface area contributed by atoms with Gasteiger partial charge in [0.2, 0.25) is 0 Å². The lowest BCUT2D eigenvalue weighted by Crippen LogP contribution is -1.79. The van der Waals surface area contributed by atoms with Crippen LogP contribution in [0.3, 0.4) is 0 Å². The molecule has 0 saturated heterocycles. The van der Waals surface area contributed by atoms with Gasteiger partial charge in [0.05, 0.1) is 0 Å². The van der Waals surface area contributed by atoms with Gasteiger partial charge in [0, 0.05) is 16.2 Å². The first-order valence-electron chi connectivity index (χ1n) is 4.75. The first kappa shape index (κ1) is 10.9.